The van der Waals surface area contributed by atoms with Crippen LogP contribution in [0.4, 0.5) is 5.13 Å². The molecule has 10 heavy (non-hydrogen) atoms. The van der Waals surface area contributed by atoms with Crippen molar-refractivity contribution in [3.8, 4) is 0 Å². The maximum atomic E-state index is 10.6. The number of halogens is 1. The van der Waals surface area contributed by atoms with Crippen LogP contribution in [-0.2, 0) is 3.83 Å². The summed E-state index contributed by atoms with van der Waals surface area (Å²) in [6.45, 7) is 0. The fourth-order valence-electron chi connectivity index (χ4n) is 0.421. The third kappa shape index (κ3) is 1.45. The van der Waals surface area contributed by atoms with Gasteiger partial charge in [-0.3, -0.25) is 0 Å². The molecule has 1 rings (SSSR count). The number of carbonyl (C=O) groups excluding carboxylic acids is 1. The Morgan fingerprint density at radius 1 is 1.90 bits per heavy atom. The number of thiazole rings is 1. The molecule has 4 nitrogen and oxygen atoms in total. The highest BCUT2D eigenvalue weighted by Gasteiger charge is 2.08. The van der Waals surface area contributed by atoms with Gasteiger partial charge >= 0.3 is 5.97 Å². The van der Waals surface area contributed by atoms with E-state index in [1.54, 1.807) is 0 Å². The fraction of sp³-hybridized carbons (Fsp3) is 0. The Hall–Kier alpha value is -0.620. The summed E-state index contributed by atoms with van der Waals surface area (Å²) in [7, 11) is 0. The summed E-state index contributed by atoms with van der Waals surface area (Å²) < 4.78 is 4.21. The Morgan fingerprint density at radius 2 is 2.60 bits per heavy atom. The number of hydrogen-bond donors (Lipinski definition) is 1. The number of aromatic nitrogens is 1. The van der Waals surface area contributed by atoms with Gasteiger partial charge in [0.15, 0.2) is 27.1 Å². The quantitative estimate of drug-likeness (QED) is 0.776. The van der Waals surface area contributed by atoms with Crippen molar-refractivity contribution in [1.29, 1.82) is 0 Å². The minimum absolute atomic E-state index is 0.222. The van der Waals surface area contributed by atoms with Crippen LogP contribution in [-0.4, -0.2) is 11.0 Å². The van der Waals surface area contributed by atoms with Crippen LogP contribution in [0.5, 0.6) is 0 Å². The minimum Gasteiger partial charge on any atom is -0.379 e. The Bertz CT molecular complexity index is 249. The lowest BCUT2D eigenvalue weighted by molar-refractivity contribution is 0.0777. The van der Waals surface area contributed by atoms with Crippen LogP contribution in [0, 0.1) is 0 Å². The Balaban J connectivity index is 2.85. The van der Waals surface area contributed by atoms with Crippen LogP contribution in [0.2, 0.25) is 0 Å². The average Bonchev–Trinajstić information content (AvgIpc) is 2.34. The van der Waals surface area contributed by atoms with Crippen molar-refractivity contribution in [3.05, 3.63) is 11.1 Å². The monoisotopic (exact) mass is 222 g/mol. The molecule has 0 bridgehead atoms. The van der Waals surface area contributed by atoms with Crippen molar-refractivity contribution in [2.75, 3.05) is 5.73 Å². The molecule has 1 aromatic rings. The Kier molecular flexibility index (Phi) is 2.23. The van der Waals surface area contributed by atoms with Crippen LogP contribution in [0.25, 0.3) is 0 Å². The van der Waals surface area contributed by atoms with Gasteiger partial charge in [0, 0.05) is 5.38 Å². The van der Waals surface area contributed by atoms with E-state index in [1.807, 2.05) is 0 Å². The second-order valence-electron chi connectivity index (χ2n) is 1.44. The highest BCUT2D eigenvalue weighted by molar-refractivity contribution is 9.06. The predicted octanol–water partition coefficient (Wildman–Crippen LogP) is 1.19. The summed E-state index contributed by atoms with van der Waals surface area (Å²) in [5.74, 6) is -0.534. The molecule has 0 saturated carbocycles. The van der Waals surface area contributed by atoms with Gasteiger partial charge in [-0.15, -0.1) is 11.3 Å². The summed E-state index contributed by atoms with van der Waals surface area (Å²) in [4.78, 5) is 14.3. The highest BCUT2D eigenvalue weighted by atomic mass is 79.9. The van der Waals surface area contributed by atoms with Crippen LogP contribution in [0.3, 0.4) is 0 Å². The molecule has 0 aliphatic heterocycles. The van der Waals surface area contributed by atoms with Crippen molar-refractivity contribution in [3.63, 3.8) is 0 Å². The molecule has 2 N–H and O–H groups in total. The molecule has 6 heteroatoms. The third-order valence-electron chi connectivity index (χ3n) is 0.801. The number of nitrogen functional groups attached to an aromatic ring is 1. The van der Waals surface area contributed by atoms with Crippen LogP contribution in [0.1, 0.15) is 10.5 Å². The molecule has 0 spiro atoms. The molecule has 0 aliphatic rings. The van der Waals surface area contributed by atoms with Crippen LogP contribution < -0.4 is 5.73 Å². The van der Waals surface area contributed by atoms with Gasteiger partial charge in [0.25, 0.3) is 0 Å². The van der Waals surface area contributed by atoms with E-state index in [-0.39, 0.29) is 5.69 Å². The zero-order chi connectivity index (χ0) is 7.56. The van der Waals surface area contributed by atoms with Gasteiger partial charge in [0.05, 0.1) is 0 Å². The number of anilines is 1. The van der Waals surface area contributed by atoms with E-state index in [2.05, 4.69) is 25.1 Å². The van der Waals surface area contributed by atoms with E-state index in [0.29, 0.717) is 5.13 Å². The summed E-state index contributed by atoms with van der Waals surface area (Å²) >= 11 is 3.73. The summed E-state index contributed by atoms with van der Waals surface area (Å²) in [5, 5.41) is 1.88. The van der Waals surface area contributed by atoms with Gasteiger partial charge in [-0.1, -0.05) is 0 Å². The molecule has 0 saturated heterocycles. The van der Waals surface area contributed by atoms with Gasteiger partial charge in [-0.2, -0.15) is 0 Å². The van der Waals surface area contributed by atoms with E-state index >= 15 is 0 Å². The highest BCUT2D eigenvalue weighted by Crippen LogP contribution is 2.12. The fourth-order valence-corrected chi connectivity index (χ4v) is 1.12. The number of hydrogen-bond acceptors (Lipinski definition) is 5. The van der Waals surface area contributed by atoms with E-state index in [1.165, 1.54) is 16.7 Å². The zero-order valence-electron chi connectivity index (χ0n) is 4.70. The van der Waals surface area contributed by atoms with Crippen molar-refractivity contribution in [1.82, 2.24) is 4.98 Å². The normalized spacial score (nSPS) is 9.30. The van der Waals surface area contributed by atoms with E-state index in [4.69, 9.17) is 5.73 Å². The molecule has 1 aromatic heterocycles. The minimum atomic E-state index is -0.534. The second kappa shape index (κ2) is 2.98. The molecule has 0 aliphatic carbocycles. The van der Waals surface area contributed by atoms with E-state index in [0.717, 1.165) is 0 Å². The summed E-state index contributed by atoms with van der Waals surface area (Å²) in [5.41, 5.74) is 5.48. The van der Waals surface area contributed by atoms with Gasteiger partial charge in [0.1, 0.15) is 0 Å². The lowest BCUT2D eigenvalue weighted by atomic mass is 10.5. The first-order valence-electron chi connectivity index (χ1n) is 2.28. The maximum absolute atomic E-state index is 10.6. The molecular formula is C4H3BrN2O2S. The van der Waals surface area contributed by atoms with Crippen molar-refractivity contribution in [2.24, 2.45) is 0 Å². The predicted molar refractivity (Wildman–Crippen MR) is 40.9 cm³/mol. The van der Waals surface area contributed by atoms with Crippen molar-refractivity contribution in [2.45, 2.75) is 0 Å². The Labute approximate surface area is 69.5 Å². The van der Waals surface area contributed by atoms with Crippen molar-refractivity contribution < 1.29 is 8.62 Å². The largest absolute Gasteiger partial charge is 0.379 e. The van der Waals surface area contributed by atoms with Gasteiger partial charge in [0.2, 0.25) is 0 Å². The zero-order valence-corrected chi connectivity index (χ0v) is 7.11. The number of nitrogens with zero attached hydrogens (tertiary/aromatic N) is 1. The SMILES string of the molecule is Nc1nc(C(=O)OBr)cs1. The second-order valence-corrected chi connectivity index (χ2v) is 2.65. The summed E-state index contributed by atoms with van der Waals surface area (Å²) in [6.07, 6.45) is 0. The van der Waals surface area contributed by atoms with Crippen LogP contribution in [0.15, 0.2) is 5.38 Å². The molecule has 0 atom stereocenters. The average molecular weight is 223 g/mol. The third-order valence-corrected chi connectivity index (χ3v) is 1.77. The van der Waals surface area contributed by atoms with E-state index in [9.17, 15) is 4.79 Å². The molecule has 0 radical (unpaired) electrons. The molecule has 54 valence electrons. The molecule has 0 amide bonds. The smallest absolute Gasteiger partial charge is 0.369 e. The first-order valence-corrected chi connectivity index (χ1v) is 3.80. The maximum Gasteiger partial charge on any atom is 0.369 e. The molecular weight excluding hydrogens is 220 g/mol. The first kappa shape index (κ1) is 7.49. The number of nitrogens with two attached hydrogens (primary N) is 1. The number of rotatable bonds is 1. The Morgan fingerprint density at radius 3 is 3.00 bits per heavy atom. The lowest BCUT2D eigenvalue weighted by Gasteiger charge is -1.86. The standard InChI is InChI=1S/C4H3BrN2O2S/c5-9-3(8)2-1-10-4(6)7-2/h1H,(H2,6,7). The topological polar surface area (TPSA) is 65.2 Å². The molecule has 0 aromatic carbocycles. The van der Waals surface area contributed by atoms with Gasteiger partial charge in [-0.25, -0.2) is 9.78 Å². The van der Waals surface area contributed by atoms with Crippen molar-refractivity contribution >= 4 is 38.7 Å². The van der Waals surface area contributed by atoms with E-state index < -0.39 is 5.97 Å². The molecule has 1 heterocycles. The lowest BCUT2D eigenvalue weighted by Crippen LogP contribution is -1.97. The van der Waals surface area contributed by atoms with Crippen LogP contribution >= 0.6 is 27.6 Å². The number of carbonyl (C=O) groups is 1. The van der Waals surface area contributed by atoms with Gasteiger partial charge < -0.3 is 9.56 Å². The molecule has 0 fully saturated rings. The molecule has 0 unspecified atom stereocenters. The summed E-state index contributed by atoms with van der Waals surface area (Å²) in [6, 6.07) is 0. The van der Waals surface area contributed by atoms with Gasteiger partial charge in [-0.05, 0) is 0 Å². The first-order chi connectivity index (χ1) is 4.74.